The molecule has 0 radical (unpaired) electrons. The van der Waals surface area contributed by atoms with Crippen molar-refractivity contribution in [1.29, 1.82) is 0 Å². The smallest absolute Gasteiger partial charge is 0.290 e. The number of ether oxygens (including phenoxy) is 1. The Hall–Kier alpha value is -2.07. The van der Waals surface area contributed by atoms with Crippen LogP contribution in [0.1, 0.15) is 10.6 Å². The van der Waals surface area contributed by atoms with Gasteiger partial charge < -0.3 is 9.15 Å². The summed E-state index contributed by atoms with van der Waals surface area (Å²) >= 11 is 3.44. The van der Waals surface area contributed by atoms with Crippen LogP contribution in [0, 0.1) is 0 Å². The lowest BCUT2D eigenvalue weighted by Crippen LogP contribution is -1.82. The van der Waals surface area contributed by atoms with Crippen molar-refractivity contribution < 1.29 is 13.9 Å². The number of benzene rings is 2. The molecule has 0 N–H and O–H groups in total. The van der Waals surface area contributed by atoms with E-state index in [-0.39, 0.29) is 5.76 Å². The van der Waals surface area contributed by atoms with E-state index >= 15 is 0 Å². The highest BCUT2D eigenvalue weighted by Gasteiger charge is 2.04. The molecule has 19 heavy (non-hydrogen) atoms. The Labute approximate surface area is 117 Å². The molecular weight excluding hydrogens is 308 g/mol. The zero-order chi connectivity index (χ0) is 13.2. The van der Waals surface area contributed by atoms with Gasteiger partial charge in [0, 0.05) is 10.5 Å². The van der Waals surface area contributed by atoms with E-state index in [1.54, 1.807) is 12.1 Å². The highest BCUT2D eigenvalue weighted by molar-refractivity contribution is 9.10. The third-order valence-corrected chi connectivity index (χ3v) is 3.20. The molecule has 2 aromatic carbocycles. The van der Waals surface area contributed by atoms with E-state index < -0.39 is 0 Å². The van der Waals surface area contributed by atoms with Crippen molar-refractivity contribution in [2.24, 2.45) is 0 Å². The average Bonchev–Trinajstić information content (AvgIpc) is 2.86. The van der Waals surface area contributed by atoms with Crippen LogP contribution in [0.4, 0.5) is 0 Å². The number of halogens is 1. The minimum atomic E-state index is 0.250. The van der Waals surface area contributed by atoms with Crippen LogP contribution < -0.4 is 4.74 Å². The Bertz CT molecular complexity index is 746. The predicted molar refractivity (Wildman–Crippen MR) is 75.8 cm³/mol. The number of fused-ring (bicyclic) bond motifs is 1. The van der Waals surface area contributed by atoms with Gasteiger partial charge >= 0.3 is 0 Å². The second-order valence-corrected chi connectivity index (χ2v) is 4.95. The second-order valence-electron chi connectivity index (χ2n) is 4.03. The number of rotatable bonds is 3. The van der Waals surface area contributed by atoms with Crippen LogP contribution in [0.25, 0.3) is 10.8 Å². The van der Waals surface area contributed by atoms with Gasteiger partial charge in [-0.2, -0.15) is 0 Å². The highest BCUT2D eigenvalue weighted by atomic mass is 79.9. The highest BCUT2D eigenvalue weighted by Crippen LogP contribution is 2.28. The monoisotopic (exact) mass is 316 g/mol. The summed E-state index contributed by atoms with van der Waals surface area (Å²) in [5.74, 6) is 1.22. The summed E-state index contributed by atoms with van der Waals surface area (Å²) in [6.45, 7) is 0. The van der Waals surface area contributed by atoms with Gasteiger partial charge in [0.15, 0.2) is 12.0 Å². The lowest BCUT2D eigenvalue weighted by atomic mass is 10.1. The lowest BCUT2D eigenvalue weighted by Gasteiger charge is -2.04. The van der Waals surface area contributed by atoms with Crippen LogP contribution in [-0.2, 0) is 0 Å². The Morgan fingerprint density at radius 1 is 1.00 bits per heavy atom. The molecule has 3 nitrogen and oxygen atoms in total. The minimum absolute atomic E-state index is 0.250. The Morgan fingerprint density at radius 3 is 2.58 bits per heavy atom. The van der Waals surface area contributed by atoms with Gasteiger partial charge in [-0.3, -0.25) is 4.79 Å². The maximum Gasteiger partial charge on any atom is 0.290 e. The molecule has 0 aliphatic rings. The second kappa shape index (κ2) is 4.90. The largest absolute Gasteiger partial charge is 0.426 e. The van der Waals surface area contributed by atoms with E-state index in [1.165, 1.54) is 0 Å². The van der Waals surface area contributed by atoms with Gasteiger partial charge in [-0.15, -0.1) is 0 Å². The summed E-state index contributed by atoms with van der Waals surface area (Å²) < 4.78 is 11.8. The molecular formula is C15H9BrO3. The number of furan rings is 1. The zero-order valence-corrected chi connectivity index (χ0v) is 11.4. The Balaban J connectivity index is 1.92. The molecule has 4 heteroatoms. The molecule has 0 saturated carbocycles. The topological polar surface area (TPSA) is 39.4 Å². The first-order valence-electron chi connectivity index (χ1n) is 5.67. The summed E-state index contributed by atoms with van der Waals surface area (Å²) in [6, 6.07) is 15.0. The molecule has 0 fully saturated rings. The molecule has 0 bridgehead atoms. The molecule has 0 saturated heterocycles. The quantitative estimate of drug-likeness (QED) is 0.651. The summed E-state index contributed by atoms with van der Waals surface area (Å²) in [5.41, 5.74) is 0. The van der Waals surface area contributed by atoms with Gasteiger partial charge in [0.25, 0.3) is 5.95 Å². The van der Waals surface area contributed by atoms with E-state index in [1.807, 2.05) is 36.4 Å². The standard InChI is InChI=1S/C15H9BrO3/c16-12-3-1-11-8-13(4-2-10(11)7-12)18-15-6-5-14(9-17)19-15/h1-9H. The molecule has 0 aliphatic carbocycles. The number of aldehydes is 1. The third-order valence-electron chi connectivity index (χ3n) is 2.71. The van der Waals surface area contributed by atoms with Crippen molar-refractivity contribution in [2.75, 3.05) is 0 Å². The molecule has 94 valence electrons. The fourth-order valence-electron chi connectivity index (χ4n) is 1.83. The van der Waals surface area contributed by atoms with Gasteiger partial charge in [0.1, 0.15) is 5.75 Å². The number of hydrogen-bond acceptors (Lipinski definition) is 3. The van der Waals surface area contributed by atoms with Crippen LogP contribution in [0.2, 0.25) is 0 Å². The third kappa shape index (κ3) is 2.53. The molecule has 3 rings (SSSR count). The van der Waals surface area contributed by atoms with Gasteiger partial charge in [-0.05, 0) is 41.1 Å². The number of carbonyl (C=O) groups excluding carboxylic acids is 1. The SMILES string of the molecule is O=Cc1ccc(Oc2ccc3cc(Br)ccc3c2)o1. The summed E-state index contributed by atoms with van der Waals surface area (Å²) in [6.07, 6.45) is 0.644. The molecule has 0 aliphatic heterocycles. The van der Waals surface area contributed by atoms with Crippen LogP contribution in [0.3, 0.4) is 0 Å². The van der Waals surface area contributed by atoms with Crippen LogP contribution in [0.5, 0.6) is 11.7 Å². The molecule has 1 aromatic heterocycles. The molecule has 0 unspecified atom stereocenters. The van der Waals surface area contributed by atoms with E-state index in [0.717, 1.165) is 15.2 Å². The maximum absolute atomic E-state index is 10.5. The van der Waals surface area contributed by atoms with Crippen molar-refractivity contribution >= 4 is 33.0 Å². The molecule has 0 spiro atoms. The first kappa shape index (κ1) is 12.0. The minimum Gasteiger partial charge on any atom is -0.426 e. The van der Waals surface area contributed by atoms with Crippen molar-refractivity contribution in [3.63, 3.8) is 0 Å². The fraction of sp³-hybridized carbons (Fsp3) is 0. The summed E-state index contributed by atoms with van der Waals surface area (Å²) in [4.78, 5) is 10.5. The maximum atomic E-state index is 10.5. The van der Waals surface area contributed by atoms with Crippen molar-refractivity contribution in [1.82, 2.24) is 0 Å². The van der Waals surface area contributed by atoms with E-state index in [2.05, 4.69) is 15.9 Å². The molecule has 1 heterocycles. The first-order valence-corrected chi connectivity index (χ1v) is 6.46. The first-order chi connectivity index (χ1) is 9.24. The molecule has 0 amide bonds. The van der Waals surface area contributed by atoms with E-state index in [9.17, 15) is 4.79 Å². The Kier molecular flexibility index (Phi) is 3.09. The van der Waals surface area contributed by atoms with Gasteiger partial charge in [-0.1, -0.05) is 28.1 Å². The van der Waals surface area contributed by atoms with Crippen LogP contribution in [0.15, 0.2) is 57.4 Å². The average molecular weight is 317 g/mol. The van der Waals surface area contributed by atoms with Crippen molar-refractivity contribution in [2.45, 2.75) is 0 Å². The number of carbonyl (C=O) groups is 1. The zero-order valence-electron chi connectivity index (χ0n) is 9.80. The number of hydrogen-bond donors (Lipinski definition) is 0. The summed E-state index contributed by atoms with van der Waals surface area (Å²) in [5, 5.41) is 2.19. The van der Waals surface area contributed by atoms with E-state index in [4.69, 9.17) is 9.15 Å². The predicted octanol–water partition coefficient (Wildman–Crippen LogP) is 4.80. The lowest BCUT2D eigenvalue weighted by molar-refractivity contribution is 0.109. The van der Waals surface area contributed by atoms with Crippen LogP contribution in [-0.4, -0.2) is 6.29 Å². The normalized spacial score (nSPS) is 10.6. The van der Waals surface area contributed by atoms with Gasteiger partial charge in [-0.25, -0.2) is 0 Å². The molecule has 0 atom stereocenters. The van der Waals surface area contributed by atoms with Crippen LogP contribution >= 0.6 is 15.9 Å². The van der Waals surface area contributed by atoms with Gasteiger partial charge in [0.2, 0.25) is 0 Å². The van der Waals surface area contributed by atoms with E-state index in [0.29, 0.717) is 18.0 Å². The molecule has 3 aromatic rings. The van der Waals surface area contributed by atoms with Crippen molar-refractivity contribution in [3.8, 4) is 11.7 Å². The van der Waals surface area contributed by atoms with Gasteiger partial charge in [0.05, 0.1) is 0 Å². The van der Waals surface area contributed by atoms with Crippen molar-refractivity contribution in [3.05, 3.63) is 58.8 Å². The summed E-state index contributed by atoms with van der Waals surface area (Å²) in [7, 11) is 0. The fourth-order valence-corrected chi connectivity index (χ4v) is 2.21. The Morgan fingerprint density at radius 2 is 1.79 bits per heavy atom.